The Morgan fingerprint density at radius 3 is 2.89 bits per heavy atom. The topological polar surface area (TPSA) is 41.9 Å². The molecule has 0 aliphatic carbocycles. The van der Waals surface area contributed by atoms with Crippen molar-refractivity contribution >= 4 is 39.7 Å². The Kier molecular flexibility index (Phi) is 3.72. The van der Waals surface area contributed by atoms with E-state index in [-0.39, 0.29) is 5.91 Å². The lowest BCUT2D eigenvalue weighted by molar-refractivity contribution is -0.113. The van der Waals surface area contributed by atoms with Crippen molar-refractivity contribution in [2.75, 3.05) is 26.3 Å². The van der Waals surface area contributed by atoms with E-state index in [9.17, 15) is 4.79 Å². The average Bonchev–Trinajstić information content (AvgIpc) is 3.08. The van der Waals surface area contributed by atoms with E-state index in [1.165, 1.54) is 11.8 Å². The van der Waals surface area contributed by atoms with Gasteiger partial charge in [0.2, 0.25) is 0 Å². The zero-order valence-corrected chi connectivity index (χ0v) is 12.2. The molecule has 3 heterocycles. The van der Waals surface area contributed by atoms with Gasteiger partial charge in [-0.1, -0.05) is 6.07 Å². The summed E-state index contributed by atoms with van der Waals surface area (Å²) in [5.41, 5.74) is 1.03. The number of hydrogen-bond acceptors (Lipinski definition) is 5. The Balaban J connectivity index is 1.81. The summed E-state index contributed by atoms with van der Waals surface area (Å²) in [5.74, 6) is -0.114. The Hall–Kier alpha value is -1.11. The number of morpholine rings is 1. The predicted octanol–water partition coefficient (Wildman–Crippen LogP) is 2.44. The van der Waals surface area contributed by atoms with Crippen LogP contribution in [0.25, 0.3) is 5.57 Å². The third kappa shape index (κ3) is 2.61. The first kappa shape index (κ1) is 12.9. The van der Waals surface area contributed by atoms with E-state index < -0.39 is 0 Å². The first-order chi connectivity index (χ1) is 9.25. The Morgan fingerprint density at radius 2 is 2.21 bits per heavy atom. The molecule has 0 aromatic carbocycles. The SMILES string of the molecule is C/C(=C1\SC(N2CCOCC2)=NC1=O)c1cccs1. The number of carbonyl (C=O) groups excluding carboxylic acids is 1. The van der Waals surface area contributed by atoms with Crippen LogP contribution < -0.4 is 0 Å². The lowest BCUT2D eigenvalue weighted by Gasteiger charge is -2.27. The summed E-state index contributed by atoms with van der Waals surface area (Å²) in [6.07, 6.45) is 0. The van der Waals surface area contributed by atoms with Gasteiger partial charge in [0.1, 0.15) is 0 Å². The molecule has 0 spiro atoms. The van der Waals surface area contributed by atoms with Crippen LogP contribution in [0.3, 0.4) is 0 Å². The van der Waals surface area contributed by atoms with Gasteiger partial charge < -0.3 is 9.64 Å². The minimum absolute atomic E-state index is 0.114. The van der Waals surface area contributed by atoms with E-state index in [1.807, 2.05) is 24.4 Å². The summed E-state index contributed by atoms with van der Waals surface area (Å²) in [6.45, 7) is 5.02. The van der Waals surface area contributed by atoms with E-state index in [1.54, 1.807) is 11.3 Å². The third-order valence-electron chi connectivity index (χ3n) is 3.10. The van der Waals surface area contributed by atoms with Crippen LogP contribution >= 0.6 is 23.1 Å². The standard InChI is InChI=1S/C13H14N2O2S2/c1-9(10-3-2-8-18-10)11-12(16)14-13(19-11)15-4-6-17-7-5-15/h2-3,8H,4-7H2,1H3/b11-9+. The van der Waals surface area contributed by atoms with Crippen LogP contribution in [0.15, 0.2) is 27.4 Å². The molecular weight excluding hydrogens is 280 g/mol. The summed E-state index contributed by atoms with van der Waals surface area (Å²) in [7, 11) is 0. The summed E-state index contributed by atoms with van der Waals surface area (Å²) >= 11 is 3.14. The summed E-state index contributed by atoms with van der Waals surface area (Å²) < 4.78 is 5.32. The van der Waals surface area contributed by atoms with Gasteiger partial charge in [-0.3, -0.25) is 4.79 Å². The molecule has 0 N–H and O–H groups in total. The van der Waals surface area contributed by atoms with E-state index in [0.29, 0.717) is 13.2 Å². The van der Waals surface area contributed by atoms with Gasteiger partial charge in [0.05, 0.1) is 18.1 Å². The van der Waals surface area contributed by atoms with Crippen molar-refractivity contribution in [2.45, 2.75) is 6.92 Å². The van der Waals surface area contributed by atoms with Crippen LogP contribution in [0.4, 0.5) is 0 Å². The average molecular weight is 294 g/mol. The third-order valence-corrected chi connectivity index (χ3v) is 5.30. The number of nitrogens with zero attached hydrogens (tertiary/aromatic N) is 2. The summed E-state index contributed by atoms with van der Waals surface area (Å²) in [5, 5.41) is 2.84. The fraction of sp³-hybridized carbons (Fsp3) is 0.385. The molecule has 19 heavy (non-hydrogen) atoms. The molecule has 100 valence electrons. The Morgan fingerprint density at radius 1 is 1.42 bits per heavy atom. The lowest BCUT2D eigenvalue weighted by Crippen LogP contribution is -2.38. The van der Waals surface area contributed by atoms with E-state index in [2.05, 4.69) is 9.89 Å². The van der Waals surface area contributed by atoms with Crippen molar-refractivity contribution in [3.05, 3.63) is 27.3 Å². The molecule has 2 aliphatic rings. The molecule has 0 atom stereocenters. The van der Waals surface area contributed by atoms with Gasteiger partial charge in [-0.05, 0) is 35.7 Å². The van der Waals surface area contributed by atoms with Crippen molar-refractivity contribution in [1.82, 2.24) is 4.90 Å². The fourth-order valence-corrected chi connectivity index (χ4v) is 3.85. The number of amidine groups is 1. The number of thioether (sulfide) groups is 1. The van der Waals surface area contributed by atoms with Gasteiger partial charge in [0.25, 0.3) is 5.91 Å². The highest BCUT2D eigenvalue weighted by molar-refractivity contribution is 8.18. The quantitative estimate of drug-likeness (QED) is 0.746. The van der Waals surface area contributed by atoms with Crippen molar-refractivity contribution in [3.8, 4) is 0 Å². The van der Waals surface area contributed by atoms with Crippen LogP contribution in [0.5, 0.6) is 0 Å². The monoisotopic (exact) mass is 294 g/mol. The molecule has 1 amide bonds. The number of rotatable bonds is 1. The molecule has 1 saturated heterocycles. The molecule has 6 heteroatoms. The maximum atomic E-state index is 12.0. The zero-order chi connectivity index (χ0) is 13.2. The van der Waals surface area contributed by atoms with Crippen LogP contribution in [0.2, 0.25) is 0 Å². The second kappa shape index (κ2) is 5.48. The second-order valence-electron chi connectivity index (χ2n) is 4.33. The zero-order valence-electron chi connectivity index (χ0n) is 10.6. The van der Waals surface area contributed by atoms with E-state index in [0.717, 1.165) is 33.6 Å². The molecule has 2 aliphatic heterocycles. The number of amides is 1. The number of carbonyl (C=O) groups is 1. The molecule has 0 saturated carbocycles. The first-order valence-electron chi connectivity index (χ1n) is 6.14. The number of ether oxygens (including phenoxy) is 1. The van der Waals surface area contributed by atoms with Gasteiger partial charge in [-0.15, -0.1) is 11.3 Å². The van der Waals surface area contributed by atoms with Crippen LogP contribution in [0.1, 0.15) is 11.8 Å². The second-order valence-corrected chi connectivity index (χ2v) is 6.26. The number of hydrogen-bond donors (Lipinski definition) is 0. The van der Waals surface area contributed by atoms with Gasteiger partial charge in [-0.25, -0.2) is 0 Å². The molecule has 1 aromatic rings. The molecule has 1 aromatic heterocycles. The number of thiophene rings is 1. The number of aliphatic imine (C=N–C) groups is 1. The molecule has 1 fully saturated rings. The number of allylic oxidation sites excluding steroid dienone is 1. The summed E-state index contributed by atoms with van der Waals surface area (Å²) in [4.78, 5) is 20.2. The van der Waals surface area contributed by atoms with E-state index >= 15 is 0 Å². The van der Waals surface area contributed by atoms with Gasteiger partial charge in [-0.2, -0.15) is 4.99 Å². The highest BCUT2D eigenvalue weighted by Crippen LogP contribution is 2.36. The Bertz CT molecular complexity index is 543. The smallest absolute Gasteiger partial charge is 0.286 e. The highest BCUT2D eigenvalue weighted by atomic mass is 32.2. The summed E-state index contributed by atoms with van der Waals surface area (Å²) in [6, 6.07) is 4.03. The van der Waals surface area contributed by atoms with Crippen molar-refractivity contribution in [2.24, 2.45) is 4.99 Å². The van der Waals surface area contributed by atoms with Gasteiger partial charge in [0.15, 0.2) is 5.17 Å². The van der Waals surface area contributed by atoms with E-state index in [4.69, 9.17) is 4.74 Å². The van der Waals surface area contributed by atoms with Crippen molar-refractivity contribution in [3.63, 3.8) is 0 Å². The van der Waals surface area contributed by atoms with Crippen LogP contribution in [0, 0.1) is 0 Å². The molecule has 0 unspecified atom stereocenters. The molecule has 0 radical (unpaired) electrons. The first-order valence-corrected chi connectivity index (χ1v) is 7.83. The maximum absolute atomic E-state index is 12.0. The maximum Gasteiger partial charge on any atom is 0.286 e. The van der Waals surface area contributed by atoms with Crippen LogP contribution in [-0.2, 0) is 9.53 Å². The highest BCUT2D eigenvalue weighted by Gasteiger charge is 2.29. The van der Waals surface area contributed by atoms with Crippen LogP contribution in [-0.4, -0.2) is 42.3 Å². The lowest BCUT2D eigenvalue weighted by atomic mass is 10.2. The van der Waals surface area contributed by atoms with Crippen molar-refractivity contribution < 1.29 is 9.53 Å². The molecule has 0 bridgehead atoms. The molecule has 4 nitrogen and oxygen atoms in total. The molecule has 3 rings (SSSR count). The minimum atomic E-state index is -0.114. The Labute approximate surface area is 120 Å². The van der Waals surface area contributed by atoms with Crippen molar-refractivity contribution in [1.29, 1.82) is 0 Å². The predicted molar refractivity (Wildman–Crippen MR) is 79.3 cm³/mol. The van der Waals surface area contributed by atoms with Gasteiger partial charge in [0, 0.05) is 18.0 Å². The van der Waals surface area contributed by atoms with Gasteiger partial charge >= 0.3 is 0 Å². The minimum Gasteiger partial charge on any atom is -0.378 e. The fourth-order valence-electron chi connectivity index (χ4n) is 2.03. The largest absolute Gasteiger partial charge is 0.378 e. The normalized spacial score (nSPS) is 22.7. The molecular formula is C13H14N2O2S2.